The van der Waals surface area contributed by atoms with Gasteiger partial charge in [0.25, 0.3) is 0 Å². The van der Waals surface area contributed by atoms with Gasteiger partial charge >= 0.3 is 0 Å². The fourth-order valence-electron chi connectivity index (χ4n) is 3.41. The summed E-state index contributed by atoms with van der Waals surface area (Å²) in [6.07, 6.45) is 10.1. The number of hydrogen-bond donors (Lipinski definition) is 0. The molecule has 0 bridgehead atoms. The van der Waals surface area contributed by atoms with Gasteiger partial charge in [-0.1, -0.05) is 45.1 Å². The maximum atomic E-state index is 2.42. The maximum absolute atomic E-state index is 2.42. The minimum Gasteiger partial charge on any atom is -0.0758 e. The summed E-state index contributed by atoms with van der Waals surface area (Å²) in [5.74, 6) is 0.616. The number of fused-ring (bicyclic) bond motifs is 3. The average Bonchev–Trinajstić information content (AvgIpc) is 2.72. The molecule has 0 spiro atoms. The Bertz CT molecular complexity index is 472. The van der Waals surface area contributed by atoms with Gasteiger partial charge in [-0.25, -0.2) is 0 Å². The van der Waals surface area contributed by atoms with Gasteiger partial charge in [-0.3, -0.25) is 0 Å². The summed E-state index contributed by atoms with van der Waals surface area (Å²) in [7, 11) is 0. The predicted octanol–water partition coefficient (Wildman–Crippen LogP) is 4.72. The molecule has 2 aliphatic rings. The van der Waals surface area contributed by atoms with Gasteiger partial charge in [0.2, 0.25) is 0 Å². The molecule has 2 aliphatic carbocycles. The van der Waals surface area contributed by atoms with E-state index < -0.39 is 0 Å². The number of rotatable bonds is 0. The molecule has 1 aromatic carbocycles. The first-order valence-corrected chi connectivity index (χ1v) is 6.90. The number of aryl methyl sites for hydroxylation is 1. The van der Waals surface area contributed by atoms with Gasteiger partial charge < -0.3 is 0 Å². The van der Waals surface area contributed by atoms with Crippen LogP contribution in [0.25, 0.3) is 6.08 Å². The van der Waals surface area contributed by atoms with E-state index in [9.17, 15) is 0 Å². The van der Waals surface area contributed by atoms with E-state index in [1.807, 2.05) is 0 Å². The van der Waals surface area contributed by atoms with Crippen molar-refractivity contribution in [2.24, 2.45) is 5.41 Å². The molecule has 0 heteroatoms. The van der Waals surface area contributed by atoms with Gasteiger partial charge in [0.1, 0.15) is 0 Å². The molecule has 0 saturated heterocycles. The van der Waals surface area contributed by atoms with Crippen LogP contribution in [0.3, 0.4) is 0 Å². The van der Waals surface area contributed by atoms with Crippen LogP contribution in [0.15, 0.2) is 18.2 Å². The molecule has 17 heavy (non-hydrogen) atoms. The first-order chi connectivity index (χ1) is 8.07. The Hall–Kier alpha value is -1.04. The van der Waals surface area contributed by atoms with E-state index >= 15 is 0 Å². The van der Waals surface area contributed by atoms with Crippen LogP contribution in [0.2, 0.25) is 0 Å². The van der Waals surface area contributed by atoms with Crippen LogP contribution in [-0.4, -0.2) is 0 Å². The van der Waals surface area contributed by atoms with Crippen LogP contribution in [-0.2, 0) is 12.8 Å². The van der Waals surface area contributed by atoms with E-state index in [1.54, 1.807) is 16.7 Å². The molecule has 0 aliphatic heterocycles. The molecule has 1 unspecified atom stereocenters. The normalized spacial score (nSPS) is 22.4. The highest BCUT2D eigenvalue weighted by Gasteiger charge is 2.31. The second-order valence-corrected chi connectivity index (χ2v) is 6.62. The molecular weight excluding hydrogens is 204 g/mol. The number of hydrogen-bond acceptors (Lipinski definition) is 0. The quantitative estimate of drug-likeness (QED) is 0.600. The zero-order valence-electron chi connectivity index (χ0n) is 11.2. The Kier molecular flexibility index (Phi) is 2.43. The molecule has 0 amide bonds. The molecule has 90 valence electrons. The van der Waals surface area contributed by atoms with E-state index in [0.717, 1.165) is 0 Å². The number of allylic oxidation sites excluding steroid dienone is 1. The van der Waals surface area contributed by atoms with Crippen molar-refractivity contribution >= 4 is 6.08 Å². The predicted molar refractivity (Wildman–Crippen MR) is 74.3 cm³/mol. The second kappa shape index (κ2) is 3.73. The molecule has 3 rings (SSSR count). The van der Waals surface area contributed by atoms with Crippen molar-refractivity contribution in [3.63, 3.8) is 0 Å². The van der Waals surface area contributed by atoms with Gasteiger partial charge in [-0.05, 0) is 53.4 Å². The summed E-state index contributed by atoms with van der Waals surface area (Å²) in [5, 5.41) is 0. The highest BCUT2D eigenvalue weighted by atomic mass is 14.4. The molecule has 0 N–H and O–H groups in total. The van der Waals surface area contributed by atoms with E-state index in [2.05, 4.69) is 45.1 Å². The highest BCUT2D eigenvalue weighted by Crippen LogP contribution is 2.45. The molecule has 0 fully saturated rings. The lowest BCUT2D eigenvalue weighted by atomic mass is 9.74. The monoisotopic (exact) mass is 226 g/mol. The van der Waals surface area contributed by atoms with Crippen LogP contribution in [0.1, 0.15) is 61.8 Å². The lowest BCUT2D eigenvalue weighted by molar-refractivity contribution is 0.367. The van der Waals surface area contributed by atoms with Crippen LogP contribution in [0.4, 0.5) is 0 Å². The van der Waals surface area contributed by atoms with Crippen molar-refractivity contribution in [3.8, 4) is 0 Å². The van der Waals surface area contributed by atoms with Crippen LogP contribution >= 0.6 is 0 Å². The van der Waals surface area contributed by atoms with Gasteiger partial charge in [-0.15, -0.1) is 0 Å². The summed E-state index contributed by atoms with van der Waals surface area (Å²) in [4.78, 5) is 0. The number of benzene rings is 1. The second-order valence-electron chi connectivity index (χ2n) is 6.62. The van der Waals surface area contributed by atoms with Crippen molar-refractivity contribution in [1.82, 2.24) is 0 Å². The fourth-order valence-corrected chi connectivity index (χ4v) is 3.41. The van der Waals surface area contributed by atoms with Gasteiger partial charge in [0, 0.05) is 5.92 Å². The first-order valence-electron chi connectivity index (χ1n) is 6.90. The third-order valence-corrected chi connectivity index (χ3v) is 4.32. The summed E-state index contributed by atoms with van der Waals surface area (Å²) < 4.78 is 0. The lowest BCUT2D eigenvalue weighted by Crippen LogP contribution is -2.18. The zero-order valence-corrected chi connectivity index (χ0v) is 11.2. The molecule has 0 nitrogen and oxygen atoms in total. The smallest absolute Gasteiger partial charge is 0.00786 e. The van der Waals surface area contributed by atoms with Crippen molar-refractivity contribution in [3.05, 3.63) is 40.5 Å². The highest BCUT2D eigenvalue weighted by molar-refractivity contribution is 5.66. The maximum Gasteiger partial charge on any atom is 0.00786 e. The fraction of sp³-hybridized carbons (Fsp3) is 0.529. The molecule has 0 heterocycles. The van der Waals surface area contributed by atoms with Crippen molar-refractivity contribution in [1.29, 1.82) is 0 Å². The standard InChI is InChI=1S/C17H22/c1-17(2,3)15-11-10-13-9-8-12-6-4-5-7-14(12)16(13)15/h8-11,15H,4-7H2,1-3H3. The van der Waals surface area contributed by atoms with Crippen molar-refractivity contribution in [2.75, 3.05) is 0 Å². The summed E-state index contributed by atoms with van der Waals surface area (Å²) in [6.45, 7) is 7.08. The average molecular weight is 226 g/mol. The van der Waals surface area contributed by atoms with Crippen LogP contribution in [0.5, 0.6) is 0 Å². The Morgan fingerprint density at radius 2 is 1.82 bits per heavy atom. The molecule has 0 radical (unpaired) electrons. The molecule has 1 atom stereocenters. The largest absolute Gasteiger partial charge is 0.0758 e. The zero-order chi connectivity index (χ0) is 12.0. The lowest BCUT2D eigenvalue weighted by Gasteiger charge is -2.30. The van der Waals surface area contributed by atoms with E-state index in [-0.39, 0.29) is 0 Å². The molecule has 1 aromatic rings. The van der Waals surface area contributed by atoms with Crippen molar-refractivity contribution in [2.45, 2.75) is 52.4 Å². The van der Waals surface area contributed by atoms with Gasteiger partial charge in [-0.2, -0.15) is 0 Å². The van der Waals surface area contributed by atoms with Crippen molar-refractivity contribution < 1.29 is 0 Å². The van der Waals surface area contributed by atoms with E-state index in [1.165, 1.54) is 31.2 Å². The molecular formula is C17H22. The minimum atomic E-state index is 0.342. The Morgan fingerprint density at radius 3 is 2.59 bits per heavy atom. The van der Waals surface area contributed by atoms with E-state index in [4.69, 9.17) is 0 Å². The minimum absolute atomic E-state index is 0.342. The van der Waals surface area contributed by atoms with Crippen LogP contribution < -0.4 is 0 Å². The summed E-state index contributed by atoms with van der Waals surface area (Å²) in [6, 6.07) is 4.70. The van der Waals surface area contributed by atoms with E-state index in [0.29, 0.717) is 11.3 Å². The third-order valence-electron chi connectivity index (χ3n) is 4.32. The summed E-state index contributed by atoms with van der Waals surface area (Å²) >= 11 is 0. The SMILES string of the molecule is CC(C)(C)C1C=Cc2ccc3c(c21)CCCC3. The Balaban J connectivity index is 2.15. The van der Waals surface area contributed by atoms with Gasteiger partial charge in [0.15, 0.2) is 0 Å². The third kappa shape index (κ3) is 1.74. The Morgan fingerprint density at radius 1 is 1.06 bits per heavy atom. The van der Waals surface area contributed by atoms with Crippen LogP contribution in [0, 0.1) is 5.41 Å². The molecule has 0 saturated carbocycles. The first kappa shape index (κ1) is 11.1. The summed E-state index contributed by atoms with van der Waals surface area (Å²) in [5.41, 5.74) is 6.76. The van der Waals surface area contributed by atoms with Gasteiger partial charge in [0.05, 0.1) is 0 Å². The topological polar surface area (TPSA) is 0 Å². The molecule has 0 aromatic heterocycles. The Labute approximate surface area is 105 Å².